The fourth-order valence-corrected chi connectivity index (χ4v) is 4.80. The molecule has 0 spiro atoms. The van der Waals surface area contributed by atoms with Crippen LogP contribution in [0.3, 0.4) is 0 Å². The molecule has 9 heteroatoms. The number of H-pyrrole nitrogens is 1. The summed E-state index contributed by atoms with van der Waals surface area (Å²) < 4.78 is 37.4. The lowest BCUT2D eigenvalue weighted by Gasteiger charge is -2.37. The van der Waals surface area contributed by atoms with Crippen molar-refractivity contribution in [3.8, 4) is 22.9 Å². The number of nitrogens with one attached hydrogen (secondary N) is 1. The van der Waals surface area contributed by atoms with E-state index in [4.69, 9.17) is 15.2 Å². The number of ether oxygens (including phenoxy) is 2. The molecule has 0 bridgehead atoms. The van der Waals surface area contributed by atoms with E-state index in [1.54, 1.807) is 11.0 Å². The molecule has 1 fully saturated rings. The zero-order chi connectivity index (χ0) is 24.5. The third-order valence-electron chi connectivity index (χ3n) is 6.44. The van der Waals surface area contributed by atoms with Gasteiger partial charge in [-0.15, -0.1) is 0 Å². The molecule has 182 valence electrons. The van der Waals surface area contributed by atoms with Gasteiger partial charge in [-0.1, -0.05) is 25.8 Å². The lowest BCUT2D eigenvalue weighted by molar-refractivity contribution is -0.122. The Bertz CT molecular complexity index is 1280. The van der Waals surface area contributed by atoms with E-state index in [0.29, 0.717) is 35.2 Å². The predicted molar refractivity (Wildman–Crippen MR) is 128 cm³/mol. The number of nitrogens with zero attached hydrogens (tertiary/aromatic N) is 2. The summed E-state index contributed by atoms with van der Waals surface area (Å²) in [5.41, 5.74) is 9.29. The third kappa shape index (κ3) is 4.51. The number of carbonyl (C=O) groups is 1. The van der Waals surface area contributed by atoms with E-state index in [1.807, 2.05) is 6.07 Å². The topological polar surface area (TPSA) is 93.5 Å². The normalized spacial score (nSPS) is 16.8. The summed E-state index contributed by atoms with van der Waals surface area (Å²) >= 11 is 0. The van der Waals surface area contributed by atoms with Crippen molar-refractivity contribution in [3.63, 3.8) is 0 Å². The zero-order valence-corrected chi connectivity index (χ0v) is 19.2. The average Bonchev–Trinajstić information content (AvgIpc) is 3.31. The van der Waals surface area contributed by atoms with Crippen LogP contribution in [0.15, 0.2) is 43.1 Å². The lowest BCUT2D eigenvalue weighted by Crippen LogP contribution is -2.46. The Morgan fingerprint density at radius 1 is 1.11 bits per heavy atom. The van der Waals surface area contributed by atoms with Gasteiger partial charge < -0.3 is 25.1 Å². The van der Waals surface area contributed by atoms with Gasteiger partial charge in [-0.25, -0.2) is 13.8 Å². The van der Waals surface area contributed by atoms with Crippen LogP contribution in [-0.4, -0.2) is 28.5 Å². The Kier molecular flexibility index (Phi) is 6.25. The molecule has 1 aromatic carbocycles. The molecule has 1 amide bonds. The summed E-state index contributed by atoms with van der Waals surface area (Å²) in [5.74, 6) is 0.690. The maximum Gasteiger partial charge on any atom is 0.265 e. The van der Waals surface area contributed by atoms with Crippen molar-refractivity contribution in [1.82, 2.24) is 9.97 Å². The van der Waals surface area contributed by atoms with Crippen molar-refractivity contribution in [1.29, 1.82) is 0 Å². The molecule has 3 aromatic rings. The first-order chi connectivity index (χ1) is 16.9. The number of rotatable bonds is 2. The lowest BCUT2D eigenvalue weighted by atomic mass is 9.93. The summed E-state index contributed by atoms with van der Waals surface area (Å²) in [6.07, 6.45) is 6.51. The van der Waals surface area contributed by atoms with Gasteiger partial charge in [0, 0.05) is 35.5 Å². The molecule has 3 N–H and O–H groups in total. The quantitative estimate of drug-likeness (QED) is 0.543. The standard InChI is InChI=1S/C13H15FN2O2.C13H11FN2O/c14-9-6-11-13(15-7-9)18-8-12(17)16(11)10-4-2-1-3-5-10;1-7-10-5-9(6-15)16-13(10)11-4-8(14)2-3-12(11)17-7/h6-7,10H,1-5,8H2;2-5,16H,1,6,15H2. The largest absolute Gasteiger partial charge is 0.466 e. The molecule has 0 radical (unpaired) electrons. The number of benzene rings is 1. The molecule has 4 heterocycles. The second kappa shape index (κ2) is 9.50. The van der Waals surface area contributed by atoms with Gasteiger partial charge in [-0.3, -0.25) is 4.79 Å². The highest BCUT2D eigenvalue weighted by atomic mass is 19.1. The Balaban J connectivity index is 0.000000145. The van der Waals surface area contributed by atoms with Crippen LogP contribution >= 0.6 is 0 Å². The van der Waals surface area contributed by atoms with Crippen molar-refractivity contribution < 1.29 is 23.0 Å². The van der Waals surface area contributed by atoms with Gasteiger partial charge in [0.15, 0.2) is 6.61 Å². The molecule has 0 saturated heterocycles. The molecular formula is C26H26F2N4O3. The van der Waals surface area contributed by atoms with Crippen molar-refractivity contribution in [2.75, 3.05) is 11.5 Å². The number of anilines is 1. The van der Waals surface area contributed by atoms with Gasteiger partial charge in [0.05, 0.1) is 11.9 Å². The zero-order valence-electron chi connectivity index (χ0n) is 19.2. The van der Waals surface area contributed by atoms with Gasteiger partial charge in [-0.05, 0) is 37.1 Å². The average molecular weight is 481 g/mol. The molecule has 3 aliphatic rings. The van der Waals surface area contributed by atoms with E-state index < -0.39 is 5.82 Å². The third-order valence-corrected chi connectivity index (χ3v) is 6.44. The summed E-state index contributed by atoms with van der Waals surface area (Å²) in [5, 5.41) is 0. The first-order valence-corrected chi connectivity index (χ1v) is 11.6. The van der Waals surface area contributed by atoms with Crippen LogP contribution in [0.1, 0.15) is 43.4 Å². The molecule has 2 aromatic heterocycles. The van der Waals surface area contributed by atoms with E-state index in [-0.39, 0.29) is 24.4 Å². The molecule has 1 aliphatic carbocycles. The van der Waals surface area contributed by atoms with Gasteiger partial charge >= 0.3 is 0 Å². The maximum absolute atomic E-state index is 13.3. The van der Waals surface area contributed by atoms with Crippen LogP contribution in [0.5, 0.6) is 11.6 Å². The first-order valence-electron chi connectivity index (χ1n) is 11.6. The number of nitrogens with two attached hydrogens (primary N) is 1. The van der Waals surface area contributed by atoms with Crippen LogP contribution in [0.4, 0.5) is 14.5 Å². The fraction of sp³-hybridized carbons (Fsp3) is 0.308. The van der Waals surface area contributed by atoms with Crippen molar-refractivity contribution >= 4 is 17.4 Å². The number of hydrogen-bond donors (Lipinski definition) is 2. The summed E-state index contributed by atoms with van der Waals surface area (Å²) in [7, 11) is 0. The summed E-state index contributed by atoms with van der Waals surface area (Å²) in [4.78, 5) is 20.8. The highest BCUT2D eigenvalue weighted by molar-refractivity contribution is 5.98. The van der Waals surface area contributed by atoms with E-state index in [2.05, 4.69) is 16.5 Å². The van der Waals surface area contributed by atoms with Crippen molar-refractivity contribution in [2.45, 2.75) is 44.7 Å². The van der Waals surface area contributed by atoms with Crippen molar-refractivity contribution in [2.24, 2.45) is 5.73 Å². The van der Waals surface area contributed by atoms with E-state index >= 15 is 0 Å². The Morgan fingerprint density at radius 2 is 1.91 bits per heavy atom. The molecule has 35 heavy (non-hydrogen) atoms. The molecular weight excluding hydrogens is 454 g/mol. The Hall–Kier alpha value is -3.72. The van der Waals surface area contributed by atoms with Gasteiger partial charge in [-0.2, -0.15) is 0 Å². The van der Waals surface area contributed by atoms with Crippen LogP contribution in [0.25, 0.3) is 17.0 Å². The fourth-order valence-electron chi connectivity index (χ4n) is 4.80. The number of fused-ring (bicyclic) bond motifs is 4. The number of carbonyl (C=O) groups excluding carboxylic acids is 1. The Morgan fingerprint density at radius 3 is 2.69 bits per heavy atom. The number of halogens is 2. The van der Waals surface area contributed by atoms with Crippen LogP contribution < -0.4 is 20.1 Å². The second-order valence-corrected chi connectivity index (χ2v) is 8.78. The first kappa shape index (κ1) is 23.0. The second-order valence-electron chi connectivity index (χ2n) is 8.78. The molecule has 7 nitrogen and oxygen atoms in total. The molecule has 1 saturated carbocycles. The van der Waals surface area contributed by atoms with Gasteiger partial charge in [0.2, 0.25) is 5.88 Å². The number of amides is 1. The number of aromatic amines is 1. The maximum atomic E-state index is 13.3. The number of pyridine rings is 1. The molecule has 6 rings (SSSR count). The molecule has 0 unspecified atom stereocenters. The molecule has 0 atom stereocenters. The monoisotopic (exact) mass is 480 g/mol. The van der Waals surface area contributed by atoms with E-state index in [9.17, 15) is 13.6 Å². The van der Waals surface area contributed by atoms with Gasteiger partial charge in [0.1, 0.15) is 28.8 Å². The van der Waals surface area contributed by atoms with Crippen LogP contribution in [-0.2, 0) is 11.3 Å². The minimum Gasteiger partial charge on any atom is -0.466 e. The van der Waals surface area contributed by atoms with Crippen LogP contribution in [0.2, 0.25) is 0 Å². The van der Waals surface area contributed by atoms with Crippen molar-refractivity contribution in [3.05, 3.63) is 66.0 Å². The number of hydrogen-bond acceptors (Lipinski definition) is 5. The highest BCUT2D eigenvalue weighted by Gasteiger charge is 2.33. The van der Waals surface area contributed by atoms with E-state index in [0.717, 1.165) is 48.8 Å². The minimum atomic E-state index is -0.437. The minimum absolute atomic E-state index is 0.00212. The Labute approximate surface area is 201 Å². The number of aromatic nitrogens is 2. The smallest absolute Gasteiger partial charge is 0.265 e. The summed E-state index contributed by atoms with van der Waals surface area (Å²) in [6.45, 7) is 4.24. The van der Waals surface area contributed by atoms with Crippen LogP contribution in [0, 0.1) is 11.6 Å². The van der Waals surface area contributed by atoms with E-state index in [1.165, 1.54) is 24.6 Å². The SMILES string of the molecule is C=C1Oc2ccc(F)cc2-c2[nH]c(CN)cc21.O=C1COc2ncc(F)cc2N1C1CCCCC1. The highest BCUT2D eigenvalue weighted by Crippen LogP contribution is 2.41. The predicted octanol–water partition coefficient (Wildman–Crippen LogP) is 4.92. The van der Waals surface area contributed by atoms with Gasteiger partial charge in [0.25, 0.3) is 5.91 Å². The summed E-state index contributed by atoms with van der Waals surface area (Å²) in [6, 6.07) is 7.79. The molecule has 2 aliphatic heterocycles.